The topological polar surface area (TPSA) is 103 Å². The molecule has 4 atom stereocenters. The molecule has 1 saturated heterocycles. The zero-order valence-corrected chi connectivity index (χ0v) is 22.8. The van der Waals surface area contributed by atoms with Crippen LogP contribution in [0.2, 0.25) is 0 Å². The molecule has 1 aliphatic rings. The number of aromatic nitrogens is 2. The lowest BCUT2D eigenvalue weighted by Gasteiger charge is -2.40. The number of nitrogens with one attached hydrogen (secondary N) is 1. The zero-order valence-electron chi connectivity index (χ0n) is 22.8. The molecule has 0 radical (unpaired) electrons. The summed E-state index contributed by atoms with van der Waals surface area (Å²) in [5.74, 6) is 0.727. The molecule has 1 unspecified atom stereocenters. The first-order valence-corrected chi connectivity index (χ1v) is 13.5. The van der Waals surface area contributed by atoms with E-state index in [9.17, 15) is 14.7 Å². The third kappa shape index (κ3) is 5.13. The van der Waals surface area contributed by atoms with E-state index in [4.69, 9.17) is 14.2 Å². The molecule has 2 heterocycles. The Morgan fingerprint density at radius 1 is 0.975 bits per heavy atom. The van der Waals surface area contributed by atoms with E-state index in [1.165, 1.54) is 10.8 Å². The average molecular weight is 543 g/mol. The third-order valence-corrected chi connectivity index (χ3v) is 7.55. The second-order valence-corrected chi connectivity index (χ2v) is 10.0. The van der Waals surface area contributed by atoms with Gasteiger partial charge in [0.1, 0.15) is 23.7 Å². The molecule has 5 rings (SSSR count). The summed E-state index contributed by atoms with van der Waals surface area (Å²) in [6.45, 7) is 3.61. The van der Waals surface area contributed by atoms with Crippen LogP contribution in [0.4, 0.5) is 0 Å². The Balaban J connectivity index is 1.59. The first kappa shape index (κ1) is 27.6. The van der Waals surface area contributed by atoms with Crippen molar-refractivity contribution in [1.82, 2.24) is 9.55 Å². The molecule has 0 saturated carbocycles. The number of hydrogen-bond donors (Lipinski definition) is 2. The van der Waals surface area contributed by atoms with E-state index in [1.807, 2.05) is 91.9 Å². The molecule has 208 valence electrons. The van der Waals surface area contributed by atoms with Crippen molar-refractivity contribution in [2.24, 2.45) is 0 Å². The molecule has 1 aromatic heterocycles. The quantitative estimate of drug-likeness (QED) is 0.306. The summed E-state index contributed by atoms with van der Waals surface area (Å²) >= 11 is 0. The molecule has 2 N–H and O–H groups in total. The molecule has 4 aromatic rings. The van der Waals surface area contributed by atoms with Crippen LogP contribution in [-0.4, -0.2) is 40.1 Å². The average Bonchev–Trinajstić information content (AvgIpc) is 3.37. The maximum atomic E-state index is 12.6. The molecular formula is C32H34N2O6. The molecule has 0 spiro atoms. The Kier molecular flexibility index (Phi) is 8.02. The van der Waals surface area contributed by atoms with Crippen molar-refractivity contribution < 1.29 is 19.3 Å². The van der Waals surface area contributed by atoms with Crippen molar-refractivity contribution >= 4 is 0 Å². The fraction of sp³-hybridized carbons (Fsp3) is 0.312. The molecule has 1 aliphatic heterocycles. The summed E-state index contributed by atoms with van der Waals surface area (Å²) in [6, 6.07) is 27.7. The van der Waals surface area contributed by atoms with Gasteiger partial charge in [0.2, 0.25) is 0 Å². The van der Waals surface area contributed by atoms with Crippen LogP contribution >= 0.6 is 0 Å². The Morgan fingerprint density at radius 3 is 2.10 bits per heavy atom. The van der Waals surface area contributed by atoms with Crippen LogP contribution in [0.15, 0.2) is 101 Å². The normalized spacial score (nSPS) is 19.9. The number of rotatable bonds is 9. The van der Waals surface area contributed by atoms with Gasteiger partial charge in [0.15, 0.2) is 0 Å². The summed E-state index contributed by atoms with van der Waals surface area (Å²) < 4.78 is 20.2. The van der Waals surface area contributed by atoms with E-state index in [1.54, 1.807) is 14.0 Å². The minimum Gasteiger partial charge on any atom is -0.497 e. The van der Waals surface area contributed by atoms with Gasteiger partial charge in [-0.1, -0.05) is 79.7 Å². The number of ether oxygens (including phenoxy) is 3. The van der Waals surface area contributed by atoms with E-state index in [2.05, 4.69) is 4.98 Å². The van der Waals surface area contributed by atoms with Crippen LogP contribution in [0, 0.1) is 6.92 Å². The van der Waals surface area contributed by atoms with Gasteiger partial charge in [-0.15, -0.1) is 0 Å². The number of nitrogens with zero attached hydrogens (tertiary/aromatic N) is 1. The number of hydrogen-bond acceptors (Lipinski definition) is 6. The molecular weight excluding hydrogens is 508 g/mol. The Labute approximate surface area is 232 Å². The van der Waals surface area contributed by atoms with Crippen molar-refractivity contribution in [3.8, 4) is 5.75 Å². The first-order valence-electron chi connectivity index (χ1n) is 13.5. The summed E-state index contributed by atoms with van der Waals surface area (Å²) in [6.07, 6.45) is -0.730. The van der Waals surface area contributed by atoms with Gasteiger partial charge in [-0.3, -0.25) is 14.3 Å². The predicted molar refractivity (Wildman–Crippen MR) is 152 cm³/mol. The number of aromatic amines is 1. The molecule has 0 bridgehead atoms. The maximum absolute atomic E-state index is 12.6. The second-order valence-electron chi connectivity index (χ2n) is 10.0. The van der Waals surface area contributed by atoms with E-state index < -0.39 is 41.4 Å². The van der Waals surface area contributed by atoms with Crippen molar-refractivity contribution in [2.45, 2.75) is 56.8 Å². The summed E-state index contributed by atoms with van der Waals surface area (Å²) in [5.41, 5.74) is 1.05. The molecule has 0 amide bonds. The molecule has 3 aromatic carbocycles. The van der Waals surface area contributed by atoms with E-state index >= 15 is 0 Å². The van der Waals surface area contributed by atoms with Gasteiger partial charge in [-0.2, -0.15) is 0 Å². The highest BCUT2D eigenvalue weighted by Crippen LogP contribution is 2.44. The standard InChI is InChI=1S/C32H34N2O6/c1-4-27(29-26(35)19-28(39-29)34-20-21(2)30(36)33-31(34)37)40-32(22-11-7-5-8-12-22,23-13-9-6-10-14-23)24-15-17-25(38-3)18-16-24/h5-18,20,26-29,35H,4,19H2,1-3H3,(H,33,36,37)/t26-,27?,28+,29-/m0/s1. The highest BCUT2D eigenvalue weighted by Gasteiger charge is 2.46. The van der Waals surface area contributed by atoms with Crippen LogP contribution in [0.3, 0.4) is 0 Å². The highest BCUT2D eigenvalue weighted by atomic mass is 16.6. The lowest BCUT2D eigenvalue weighted by molar-refractivity contribution is -0.145. The van der Waals surface area contributed by atoms with Gasteiger partial charge in [0, 0.05) is 18.2 Å². The van der Waals surface area contributed by atoms with Gasteiger partial charge in [-0.25, -0.2) is 4.79 Å². The smallest absolute Gasteiger partial charge is 0.330 e. The van der Waals surface area contributed by atoms with Crippen LogP contribution < -0.4 is 16.0 Å². The zero-order chi connectivity index (χ0) is 28.3. The number of H-pyrrole nitrogens is 1. The summed E-state index contributed by atoms with van der Waals surface area (Å²) in [4.78, 5) is 26.8. The largest absolute Gasteiger partial charge is 0.497 e. The number of benzene rings is 3. The van der Waals surface area contributed by atoms with Crippen molar-refractivity contribution in [3.05, 3.63) is 134 Å². The van der Waals surface area contributed by atoms with Crippen molar-refractivity contribution in [1.29, 1.82) is 0 Å². The van der Waals surface area contributed by atoms with Crippen LogP contribution in [0.1, 0.15) is 48.2 Å². The van der Waals surface area contributed by atoms with E-state index in [-0.39, 0.29) is 6.42 Å². The molecule has 0 aliphatic carbocycles. The lowest BCUT2D eigenvalue weighted by Crippen LogP contribution is -2.44. The number of aliphatic hydroxyl groups is 1. The van der Waals surface area contributed by atoms with Gasteiger partial charge >= 0.3 is 5.69 Å². The fourth-order valence-electron chi connectivity index (χ4n) is 5.47. The van der Waals surface area contributed by atoms with Gasteiger partial charge in [0.25, 0.3) is 5.56 Å². The van der Waals surface area contributed by atoms with Gasteiger partial charge < -0.3 is 19.3 Å². The first-order chi connectivity index (χ1) is 19.4. The van der Waals surface area contributed by atoms with Gasteiger partial charge in [-0.05, 0) is 42.2 Å². The van der Waals surface area contributed by atoms with Gasteiger partial charge in [0.05, 0.1) is 19.3 Å². The molecule has 40 heavy (non-hydrogen) atoms. The fourth-order valence-corrected chi connectivity index (χ4v) is 5.47. The Bertz CT molecular complexity index is 1490. The number of aliphatic hydroxyl groups excluding tert-OH is 1. The summed E-state index contributed by atoms with van der Waals surface area (Å²) in [5, 5.41) is 11.2. The minimum absolute atomic E-state index is 0.183. The monoisotopic (exact) mass is 542 g/mol. The van der Waals surface area contributed by atoms with E-state index in [0.717, 1.165) is 22.4 Å². The Hall–Kier alpha value is -3.98. The number of methoxy groups -OCH3 is 1. The highest BCUT2D eigenvalue weighted by molar-refractivity contribution is 5.48. The Morgan fingerprint density at radius 2 is 1.55 bits per heavy atom. The van der Waals surface area contributed by atoms with Crippen molar-refractivity contribution in [3.63, 3.8) is 0 Å². The van der Waals surface area contributed by atoms with E-state index in [0.29, 0.717) is 12.0 Å². The SMILES string of the molecule is CCC(OC(c1ccccc1)(c1ccccc1)c1ccc(OC)cc1)[C@H]1O[C@@H](n2cc(C)c(=O)[nH]c2=O)C[C@@H]1O. The predicted octanol–water partition coefficient (Wildman–Crippen LogP) is 4.29. The number of aryl methyl sites for hydroxylation is 1. The van der Waals surface area contributed by atoms with Crippen molar-refractivity contribution in [2.75, 3.05) is 7.11 Å². The summed E-state index contributed by atoms with van der Waals surface area (Å²) in [7, 11) is 1.63. The van der Waals surface area contributed by atoms with Crippen LogP contribution in [-0.2, 0) is 15.1 Å². The minimum atomic E-state index is -1.04. The lowest BCUT2D eigenvalue weighted by atomic mass is 9.79. The molecule has 1 fully saturated rings. The second kappa shape index (κ2) is 11.6. The molecule has 8 heteroatoms. The third-order valence-electron chi connectivity index (χ3n) is 7.55. The molecule has 8 nitrogen and oxygen atoms in total. The van der Waals surface area contributed by atoms with Crippen LogP contribution in [0.5, 0.6) is 5.75 Å². The van der Waals surface area contributed by atoms with Crippen LogP contribution in [0.25, 0.3) is 0 Å². The maximum Gasteiger partial charge on any atom is 0.330 e.